The van der Waals surface area contributed by atoms with Crippen molar-refractivity contribution < 1.29 is 9.90 Å². The zero-order valence-corrected chi connectivity index (χ0v) is 10.4. The maximum Gasteiger partial charge on any atom is 0.323 e. The van der Waals surface area contributed by atoms with Crippen LogP contribution >= 0.6 is 0 Å². The van der Waals surface area contributed by atoms with Crippen LogP contribution in [0.4, 0.5) is 0 Å². The van der Waals surface area contributed by atoms with Crippen molar-refractivity contribution in [2.75, 3.05) is 6.54 Å². The number of piperidine rings is 1. The van der Waals surface area contributed by atoms with Gasteiger partial charge in [-0.25, -0.2) is 4.98 Å². The highest BCUT2D eigenvalue weighted by Gasteiger charge is 2.41. The largest absolute Gasteiger partial charge is 0.480 e. The zero-order chi connectivity index (χ0) is 12.5. The first-order valence-corrected chi connectivity index (χ1v) is 5.97. The molecule has 1 fully saturated rings. The predicted molar refractivity (Wildman–Crippen MR) is 63.5 cm³/mol. The predicted octanol–water partition coefficient (Wildman–Crippen LogP) is 1.25. The number of carboxylic acid groups (broad SMARTS) is 1. The molecule has 1 N–H and O–H groups in total. The van der Waals surface area contributed by atoms with Crippen LogP contribution in [0.1, 0.15) is 31.9 Å². The molecule has 0 bridgehead atoms. The standard InChI is InChI=1S/C12H19N3O2/c1-12(11(16)17)5-3-4-6-15(12)8-10-7-13-9-14(10)2/h7,9H,3-6,8H2,1-2H3,(H,16,17). The lowest BCUT2D eigenvalue weighted by molar-refractivity contribution is -0.153. The van der Waals surface area contributed by atoms with E-state index in [1.54, 1.807) is 12.5 Å². The lowest BCUT2D eigenvalue weighted by Crippen LogP contribution is -2.54. The summed E-state index contributed by atoms with van der Waals surface area (Å²) in [4.78, 5) is 17.6. The van der Waals surface area contributed by atoms with Crippen LogP contribution in [-0.2, 0) is 18.4 Å². The van der Waals surface area contributed by atoms with E-state index in [0.717, 1.165) is 31.5 Å². The number of likely N-dealkylation sites (tertiary alicyclic amines) is 1. The van der Waals surface area contributed by atoms with Crippen LogP contribution in [0.15, 0.2) is 12.5 Å². The van der Waals surface area contributed by atoms with Crippen LogP contribution in [0.5, 0.6) is 0 Å². The number of aryl methyl sites for hydroxylation is 1. The molecule has 2 heterocycles. The minimum Gasteiger partial charge on any atom is -0.480 e. The van der Waals surface area contributed by atoms with Gasteiger partial charge in [-0.1, -0.05) is 0 Å². The van der Waals surface area contributed by atoms with E-state index in [1.807, 2.05) is 18.5 Å². The highest BCUT2D eigenvalue weighted by molar-refractivity contribution is 5.78. The first kappa shape index (κ1) is 12.1. The molecule has 5 nitrogen and oxygen atoms in total. The van der Waals surface area contributed by atoms with Gasteiger partial charge in [-0.3, -0.25) is 9.69 Å². The molecule has 1 unspecified atom stereocenters. The van der Waals surface area contributed by atoms with Gasteiger partial charge in [0, 0.05) is 19.8 Å². The Morgan fingerprint density at radius 2 is 2.35 bits per heavy atom. The maximum atomic E-state index is 11.4. The van der Waals surface area contributed by atoms with E-state index in [0.29, 0.717) is 6.54 Å². The van der Waals surface area contributed by atoms with Crippen LogP contribution in [0.25, 0.3) is 0 Å². The van der Waals surface area contributed by atoms with Gasteiger partial charge in [0.05, 0.1) is 12.0 Å². The SMILES string of the molecule is Cn1cncc1CN1CCCCC1(C)C(=O)O. The molecule has 17 heavy (non-hydrogen) atoms. The van der Waals surface area contributed by atoms with Gasteiger partial charge in [-0.2, -0.15) is 0 Å². The van der Waals surface area contributed by atoms with E-state index in [9.17, 15) is 9.90 Å². The maximum absolute atomic E-state index is 11.4. The van der Waals surface area contributed by atoms with Gasteiger partial charge in [0.1, 0.15) is 5.54 Å². The Kier molecular flexibility index (Phi) is 3.19. The van der Waals surface area contributed by atoms with E-state index in [2.05, 4.69) is 9.88 Å². The summed E-state index contributed by atoms with van der Waals surface area (Å²) in [7, 11) is 1.93. The van der Waals surface area contributed by atoms with Crippen LogP contribution in [-0.4, -0.2) is 37.6 Å². The lowest BCUT2D eigenvalue weighted by atomic mass is 9.88. The van der Waals surface area contributed by atoms with Gasteiger partial charge < -0.3 is 9.67 Å². The van der Waals surface area contributed by atoms with Gasteiger partial charge in [-0.15, -0.1) is 0 Å². The summed E-state index contributed by atoms with van der Waals surface area (Å²) in [6.45, 7) is 3.32. The lowest BCUT2D eigenvalue weighted by Gasteiger charge is -2.41. The summed E-state index contributed by atoms with van der Waals surface area (Å²) < 4.78 is 1.94. The third-order valence-corrected chi connectivity index (χ3v) is 3.77. The van der Waals surface area contributed by atoms with E-state index in [4.69, 9.17) is 0 Å². The number of hydrogen-bond acceptors (Lipinski definition) is 3. The number of hydrogen-bond donors (Lipinski definition) is 1. The summed E-state index contributed by atoms with van der Waals surface area (Å²) in [6, 6.07) is 0. The summed E-state index contributed by atoms with van der Waals surface area (Å²) in [5.74, 6) is -0.723. The fourth-order valence-corrected chi connectivity index (χ4v) is 2.41. The van der Waals surface area contributed by atoms with Crippen molar-refractivity contribution in [2.24, 2.45) is 7.05 Å². The molecule has 0 spiro atoms. The molecule has 0 amide bonds. The Labute approximate surface area is 101 Å². The summed E-state index contributed by atoms with van der Waals surface area (Å²) in [6.07, 6.45) is 6.33. The van der Waals surface area contributed by atoms with Crippen molar-refractivity contribution in [2.45, 2.75) is 38.3 Å². The second-order valence-electron chi connectivity index (χ2n) is 4.95. The van der Waals surface area contributed by atoms with E-state index in [-0.39, 0.29) is 0 Å². The fraction of sp³-hybridized carbons (Fsp3) is 0.667. The highest BCUT2D eigenvalue weighted by atomic mass is 16.4. The van der Waals surface area contributed by atoms with Crippen molar-refractivity contribution in [1.82, 2.24) is 14.5 Å². The summed E-state index contributed by atoms with van der Waals surface area (Å²) in [5, 5.41) is 9.40. The zero-order valence-electron chi connectivity index (χ0n) is 10.4. The first-order chi connectivity index (χ1) is 8.04. The molecule has 0 radical (unpaired) electrons. The van der Waals surface area contributed by atoms with Gasteiger partial charge in [0.15, 0.2) is 0 Å². The molecular weight excluding hydrogens is 218 g/mol. The molecule has 5 heteroatoms. The molecule has 0 aromatic carbocycles. The first-order valence-electron chi connectivity index (χ1n) is 5.97. The molecule has 94 valence electrons. The Balaban J connectivity index is 2.18. The molecule has 0 aliphatic carbocycles. The molecule has 1 aromatic rings. The number of rotatable bonds is 3. The number of nitrogens with zero attached hydrogens (tertiary/aromatic N) is 3. The van der Waals surface area contributed by atoms with Gasteiger partial charge >= 0.3 is 5.97 Å². The second-order valence-corrected chi connectivity index (χ2v) is 4.95. The number of carbonyl (C=O) groups is 1. The van der Waals surface area contributed by atoms with Crippen LogP contribution in [0.2, 0.25) is 0 Å². The summed E-state index contributed by atoms with van der Waals surface area (Å²) >= 11 is 0. The Bertz CT molecular complexity index is 416. The van der Waals surface area contributed by atoms with E-state index >= 15 is 0 Å². The number of aromatic nitrogens is 2. The molecule has 1 aliphatic rings. The summed E-state index contributed by atoms with van der Waals surface area (Å²) in [5.41, 5.74) is 0.321. The fourth-order valence-electron chi connectivity index (χ4n) is 2.41. The second kappa shape index (κ2) is 4.49. The van der Waals surface area contributed by atoms with Gasteiger partial charge in [-0.05, 0) is 32.7 Å². The van der Waals surface area contributed by atoms with Crippen LogP contribution < -0.4 is 0 Å². The smallest absolute Gasteiger partial charge is 0.323 e. The number of carboxylic acids is 1. The molecule has 1 saturated heterocycles. The van der Waals surface area contributed by atoms with Crippen molar-refractivity contribution in [3.63, 3.8) is 0 Å². The minimum atomic E-state index is -0.734. The molecular formula is C12H19N3O2. The molecule has 1 aromatic heterocycles. The Morgan fingerprint density at radius 1 is 1.59 bits per heavy atom. The number of imidazole rings is 1. The van der Waals surface area contributed by atoms with Crippen molar-refractivity contribution in [3.05, 3.63) is 18.2 Å². The highest BCUT2D eigenvalue weighted by Crippen LogP contribution is 2.29. The Hall–Kier alpha value is -1.36. The van der Waals surface area contributed by atoms with Crippen molar-refractivity contribution in [3.8, 4) is 0 Å². The van der Waals surface area contributed by atoms with Gasteiger partial charge in [0.2, 0.25) is 0 Å². The topological polar surface area (TPSA) is 58.4 Å². The average Bonchev–Trinajstić information content (AvgIpc) is 2.68. The average molecular weight is 237 g/mol. The van der Waals surface area contributed by atoms with E-state index < -0.39 is 11.5 Å². The van der Waals surface area contributed by atoms with Gasteiger partial charge in [0.25, 0.3) is 0 Å². The van der Waals surface area contributed by atoms with Crippen LogP contribution in [0.3, 0.4) is 0 Å². The quantitative estimate of drug-likeness (QED) is 0.859. The Morgan fingerprint density at radius 3 is 2.94 bits per heavy atom. The van der Waals surface area contributed by atoms with Crippen LogP contribution in [0, 0.1) is 0 Å². The molecule has 2 rings (SSSR count). The molecule has 1 atom stereocenters. The third kappa shape index (κ3) is 2.20. The normalized spacial score (nSPS) is 26.0. The van der Waals surface area contributed by atoms with E-state index in [1.165, 1.54) is 0 Å². The molecule has 1 aliphatic heterocycles. The number of aliphatic carboxylic acids is 1. The third-order valence-electron chi connectivity index (χ3n) is 3.77. The van der Waals surface area contributed by atoms with Crippen molar-refractivity contribution >= 4 is 5.97 Å². The van der Waals surface area contributed by atoms with Crippen molar-refractivity contribution in [1.29, 1.82) is 0 Å². The monoisotopic (exact) mass is 237 g/mol. The minimum absolute atomic E-state index is 0.652. The molecule has 0 saturated carbocycles.